The van der Waals surface area contributed by atoms with Gasteiger partial charge in [0.25, 0.3) is 11.8 Å². The quantitative estimate of drug-likeness (QED) is 0.554. The Hall–Kier alpha value is -1.89. The molecule has 0 unspecified atom stereocenters. The van der Waals surface area contributed by atoms with E-state index in [4.69, 9.17) is 0 Å². The molecule has 3 rings (SSSR count). The third kappa shape index (κ3) is 5.34. The second-order valence-electron chi connectivity index (χ2n) is 8.41. The molecule has 1 aromatic rings. The van der Waals surface area contributed by atoms with Crippen LogP contribution in [0.3, 0.4) is 0 Å². The van der Waals surface area contributed by atoms with Crippen molar-refractivity contribution >= 4 is 11.8 Å². The molecule has 7 nitrogen and oxygen atoms in total. The van der Waals surface area contributed by atoms with Crippen LogP contribution in [0.1, 0.15) is 84.6 Å². The maximum absolute atomic E-state index is 12.9. The summed E-state index contributed by atoms with van der Waals surface area (Å²) in [6.07, 6.45) is 10.7. The summed E-state index contributed by atoms with van der Waals surface area (Å²) in [7, 11) is 4.04. The Morgan fingerprint density at radius 3 is 2.54 bits per heavy atom. The van der Waals surface area contributed by atoms with E-state index in [1.165, 1.54) is 25.7 Å². The molecule has 1 fully saturated rings. The molecule has 0 radical (unpaired) electrons. The molecule has 0 aromatic carbocycles. The maximum Gasteiger partial charge on any atom is 0.287 e. The fourth-order valence-electron chi connectivity index (χ4n) is 4.25. The third-order valence-corrected chi connectivity index (χ3v) is 5.79. The Morgan fingerprint density at radius 1 is 1.07 bits per heavy atom. The molecule has 1 saturated carbocycles. The standard InChI is InChI=1S/C21H35N5O2/c1-25(2)14-9-13-22-20(27)18-17-12-7-8-15-26(17)19(24-18)21(28)23-16-10-5-3-4-6-11-16/h16H,3-15H2,1-2H3,(H,22,27)(H,23,28). The van der Waals surface area contributed by atoms with E-state index in [0.29, 0.717) is 18.1 Å². The lowest BCUT2D eigenvalue weighted by atomic mass is 10.1. The minimum Gasteiger partial charge on any atom is -0.351 e. The minimum absolute atomic E-state index is 0.123. The van der Waals surface area contributed by atoms with Gasteiger partial charge in [-0.25, -0.2) is 4.98 Å². The van der Waals surface area contributed by atoms with Gasteiger partial charge in [-0.05, 0) is 59.2 Å². The van der Waals surface area contributed by atoms with Crippen molar-refractivity contribution in [2.24, 2.45) is 0 Å². The normalized spacial score (nSPS) is 17.8. The van der Waals surface area contributed by atoms with Gasteiger partial charge in [0.2, 0.25) is 0 Å². The predicted octanol–water partition coefficient (Wildman–Crippen LogP) is 2.35. The van der Waals surface area contributed by atoms with Crippen LogP contribution in [-0.2, 0) is 13.0 Å². The lowest BCUT2D eigenvalue weighted by Gasteiger charge is -2.19. The summed E-state index contributed by atoms with van der Waals surface area (Å²) < 4.78 is 1.98. The van der Waals surface area contributed by atoms with E-state index in [-0.39, 0.29) is 17.9 Å². The van der Waals surface area contributed by atoms with Crippen LogP contribution < -0.4 is 10.6 Å². The zero-order chi connectivity index (χ0) is 19.9. The number of carbonyl (C=O) groups is 2. The average Bonchev–Trinajstić information content (AvgIpc) is 2.88. The number of carbonyl (C=O) groups excluding carboxylic acids is 2. The van der Waals surface area contributed by atoms with Gasteiger partial charge in [-0.1, -0.05) is 25.7 Å². The molecule has 156 valence electrons. The number of imidazole rings is 1. The van der Waals surface area contributed by atoms with E-state index < -0.39 is 0 Å². The van der Waals surface area contributed by atoms with Crippen molar-refractivity contribution in [2.45, 2.75) is 76.8 Å². The van der Waals surface area contributed by atoms with Gasteiger partial charge < -0.3 is 20.1 Å². The second kappa shape index (κ2) is 10.0. The molecule has 1 aromatic heterocycles. The molecular weight excluding hydrogens is 354 g/mol. The van der Waals surface area contributed by atoms with Crippen LogP contribution in [0.4, 0.5) is 0 Å². The first-order valence-electron chi connectivity index (χ1n) is 10.9. The summed E-state index contributed by atoms with van der Waals surface area (Å²) in [6, 6.07) is 0.231. The highest BCUT2D eigenvalue weighted by Gasteiger charge is 2.28. The van der Waals surface area contributed by atoms with Gasteiger partial charge >= 0.3 is 0 Å². The van der Waals surface area contributed by atoms with E-state index in [1.54, 1.807) is 0 Å². The van der Waals surface area contributed by atoms with Crippen molar-refractivity contribution in [1.82, 2.24) is 25.1 Å². The lowest BCUT2D eigenvalue weighted by molar-refractivity contribution is 0.0917. The number of fused-ring (bicyclic) bond motifs is 1. The Morgan fingerprint density at radius 2 is 1.82 bits per heavy atom. The van der Waals surface area contributed by atoms with E-state index in [1.807, 2.05) is 18.7 Å². The molecule has 1 aliphatic heterocycles. The Kier molecular flexibility index (Phi) is 7.48. The molecule has 0 bridgehead atoms. The average molecular weight is 390 g/mol. The smallest absolute Gasteiger partial charge is 0.287 e. The highest BCUT2D eigenvalue weighted by Crippen LogP contribution is 2.22. The largest absolute Gasteiger partial charge is 0.351 e. The second-order valence-corrected chi connectivity index (χ2v) is 8.41. The summed E-state index contributed by atoms with van der Waals surface area (Å²) >= 11 is 0. The van der Waals surface area contributed by atoms with E-state index >= 15 is 0 Å². The van der Waals surface area contributed by atoms with Crippen LogP contribution in [0.15, 0.2) is 0 Å². The molecule has 2 aliphatic rings. The predicted molar refractivity (Wildman–Crippen MR) is 110 cm³/mol. The molecule has 2 N–H and O–H groups in total. The molecule has 0 saturated heterocycles. The topological polar surface area (TPSA) is 79.3 Å². The first kappa shape index (κ1) is 20.8. The fourth-order valence-corrected chi connectivity index (χ4v) is 4.25. The maximum atomic E-state index is 12.9. The van der Waals surface area contributed by atoms with E-state index in [0.717, 1.165) is 57.3 Å². The van der Waals surface area contributed by atoms with Crippen LogP contribution in [0, 0.1) is 0 Å². The highest BCUT2D eigenvalue weighted by atomic mass is 16.2. The summed E-state index contributed by atoms with van der Waals surface area (Å²) in [5.41, 5.74) is 1.36. The van der Waals surface area contributed by atoms with Gasteiger partial charge in [-0.2, -0.15) is 0 Å². The van der Waals surface area contributed by atoms with E-state index in [9.17, 15) is 9.59 Å². The molecule has 2 amide bonds. The van der Waals surface area contributed by atoms with Crippen LogP contribution in [0.25, 0.3) is 0 Å². The zero-order valence-electron chi connectivity index (χ0n) is 17.4. The molecule has 1 aliphatic carbocycles. The molecule has 0 spiro atoms. The van der Waals surface area contributed by atoms with Gasteiger partial charge in [-0.15, -0.1) is 0 Å². The summed E-state index contributed by atoms with van der Waals surface area (Å²) in [6.45, 7) is 2.31. The van der Waals surface area contributed by atoms with Crippen LogP contribution in [0.2, 0.25) is 0 Å². The third-order valence-electron chi connectivity index (χ3n) is 5.79. The minimum atomic E-state index is -0.155. The molecular formula is C21H35N5O2. The number of hydrogen-bond acceptors (Lipinski definition) is 4. The Balaban J connectivity index is 1.69. The van der Waals surface area contributed by atoms with Crippen molar-refractivity contribution in [3.05, 3.63) is 17.2 Å². The van der Waals surface area contributed by atoms with Crippen molar-refractivity contribution in [1.29, 1.82) is 0 Å². The Labute approximate surface area is 168 Å². The number of nitrogens with zero attached hydrogens (tertiary/aromatic N) is 3. The summed E-state index contributed by atoms with van der Waals surface area (Å²) in [5.74, 6) is 0.136. The summed E-state index contributed by atoms with van der Waals surface area (Å²) in [5, 5.41) is 6.16. The number of nitrogens with one attached hydrogen (secondary N) is 2. The van der Waals surface area contributed by atoms with Crippen molar-refractivity contribution < 1.29 is 9.59 Å². The SMILES string of the molecule is CN(C)CCCNC(=O)c1nc(C(=O)NC2CCCCCC2)n2c1CCCC2. The van der Waals surface area contributed by atoms with Gasteiger partial charge in [0.1, 0.15) is 5.69 Å². The zero-order valence-corrected chi connectivity index (χ0v) is 17.4. The van der Waals surface area contributed by atoms with Gasteiger partial charge in [0.15, 0.2) is 5.82 Å². The van der Waals surface area contributed by atoms with E-state index in [2.05, 4.69) is 20.5 Å². The monoisotopic (exact) mass is 389 g/mol. The van der Waals surface area contributed by atoms with Crippen LogP contribution in [-0.4, -0.2) is 59.5 Å². The molecule has 7 heteroatoms. The van der Waals surface area contributed by atoms with Crippen LogP contribution >= 0.6 is 0 Å². The number of aromatic nitrogens is 2. The van der Waals surface area contributed by atoms with Gasteiger partial charge in [0, 0.05) is 19.1 Å². The first-order valence-corrected chi connectivity index (χ1v) is 10.9. The number of hydrogen-bond donors (Lipinski definition) is 2. The molecule has 0 atom stereocenters. The van der Waals surface area contributed by atoms with Crippen molar-refractivity contribution in [2.75, 3.05) is 27.2 Å². The first-order chi connectivity index (χ1) is 13.6. The van der Waals surface area contributed by atoms with Crippen LogP contribution in [0.5, 0.6) is 0 Å². The lowest BCUT2D eigenvalue weighted by Crippen LogP contribution is -2.36. The Bertz CT molecular complexity index is 675. The number of amides is 2. The fraction of sp³-hybridized carbons (Fsp3) is 0.762. The van der Waals surface area contributed by atoms with Crippen molar-refractivity contribution in [3.63, 3.8) is 0 Å². The van der Waals surface area contributed by atoms with Gasteiger partial charge in [0.05, 0.1) is 5.69 Å². The highest BCUT2D eigenvalue weighted by molar-refractivity contribution is 5.97. The molecule has 28 heavy (non-hydrogen) atoms. The molecule has 2 heterocycles. The number of rotatable bonds is 7. The van der Waals surface area contributed by atoms with Gasteiger partial charge in [-0.3, -0.25) is 9.59 Å². The van der Waals surface area contributed by atoms with Crippen molar-refractivity contribution in [3.8, 4) is 0 Å². The summed E-state index contributed by atoms with van der Waals surface area (Å²) in [4.78, 5) is 32.3.